The SMILES string of the molecule is CN[C@@H](C)C(=O)N[C@H](C(=O)N1CCC[C@H]1CN(CCc1ccccc1)C(=O)CNS(=O)(=O)c1cccc(S(C)(=O)=O)c1)C(C)(C)C. The number of carbonyl (C=O) groups is 3. The second-order valence-electron chi connectivity index (χ2n) is 12.8. The number of sulfone groups is 1. The molecular weight excluding hydrogens is 631 g/mol. The van der Waals surface area contributed by atoms with E-state index < -0.39 is 49.8 Å². The lowest BCUT2D eigenvalue weighted by Gasteiger charge is -2.37. The van der Waals surface area contributed by atoms with Crippen molar-refractivity contribution in [3.05, 3.63) is 60.2 Å². The van der Waals surface area contributed by atoms with Gasteiger partial charge in [0.2, 0.25) is 27.7 Å². The number of sulfonamides is 1. The van der Waals surface area contributed by atoms with E-state index in [1.165, 1.54) is 18.2 Å². The lowest BCUT2D eigenvalue weighted by atomic mass is 9.85. The molecule has 2 aromatic rings. The molecule has 254 valence electrons. The van der Waals surface area contributed by atoms with Gasteiger partial charge in [-0.15, -0.1) is 0 Å². The number of likely N-dealkylation sites (N-methyl/N-ethyl adjacent to an activating group) is 1. The fraction of sp³-hybridized carbons (Fsp3) is 0.531. The van der Waals surface area contributed by atoms with Crippen LogP contribution in [0.5, 0.6) is 0 Å². The molecule has 0 aliphatic carbocycles. The van der Waals surface area contributed by atoms with E-state index >= 15 is 0 Å². The maximum atomic E-state index is 13.9. The van der Waals surface area contributed by atoms with Crippen molar-refractivity contribution in [1.29, 1.82) is 0 Å². The highest BCUT2D eigenvalue weighted by Gasteiger charge is 2.40. The van der Waals surface area contributed by atoms with Gasteiger partial charge in [0.05, 0.1) is 22.4 Å². The highest BCUT2D eigenvalue weighted by atomic mass is 32.2. The third-order valence-electron chi connectivity index (χ3n) is 8.14. The Labute approximate surface area is 273 Å². The van der Waals surface area contributed by atoms with E-state index in [0.29, 0.717) is 19.4 Å². The van der Waals surface area contributed by atoms with Crippen molar-refractivity contribution in [1.82, 2.24) is 25.2 Å². The molecule has 1 saturated heterocycles. The molecule has 46 heavy (non-hydrogen) atoms. The van der Waals surface area contributed by atoms with Gasteiger partial charge in [-0.25, -0.2) is 21.6 Å². The first-order chi connectivity index (χ1) is 21.4. The summed E-state index contributed by atoms with van der Waals surface area (Å²) in [5.74, 6) is -1.00. The van der Waals surface area contributed by atoms with Crippen molar-refractivity contribution >= 4 is 37.6 Å². The van der Waals surface area contributed by atoms with Gasteiger partial charge in [-0.05, 0) is 62.4 Å². The zero-order valence-electron chi connectivity index (χ0n) is 27.4. The number of hydrogen-bond acceptors (Lipinski definition) is 8. The van der Waals surface area contributed by atoms with Crippen LogP contribution < -0.4 is 15.4 Å². The highest BCUT2D eigenvalue weighted by Crippen LogP contribution is 2.26. The Morgan fingerprint density at radius 2 is 1.65 bits per heavy atom. The first-order valence-electron chi connectivity index (χ1n) is 15.3. The van der Waals surface area contributed by atoms with E-state index in [9.17, 15) is 31.2 Å². The van der Waals surface area contributed by atoms with E-state index in [1.54, 1.807) is 23.8 Å². The van der Waals surface area contributed by atoms with Crippen molar-refractivity contribution < 1.29 is 31.2 Å². The molecule has 0 spiro atoms. The van der Waals surface area contributed by atoms with Crippen molar-refractivity contribution in [3.8, 4) is 0 Å². The minimum Gasteiger partial charge on any atom is -0.342 e. The molecular formula is C32H47N5O7S2. The van der Waals surface area contributed by atoms with Crippen LogP contribution in [0.3, 0.4) is 0 Å². The van der Waals surface area contributed by atoms with E-state index in [1.807, 2.05) is 51.1 Å². The molecule has 0 unspecified atom stereocenters. The average Bonchev–Trinajstić information content (AvgIpc) is 3.47. The van der Waals surface area contributed by atoms with E-state index in [0.717, 1.165) is 24.3 Å². The fourth-order valence-electron chi connectivity index (χ4n) is 5.23. The van der Waals surface area contributed by atoms with Gasteiger partial charge in [0, 0.05) is 31.9 Å². The molecule has 1 aliphatic heterocycles. The summed E-state index contributed by atoms with van der Waals surface area (Å²) in [6.45, 7) is 7.76. The number of carbonyl (C=O) groups excluding carboxylic acids is 3. The molecule has 0 aromatic heterocycles. The lowest BCUT2D eigenvalue weighted by molar-refractivity contribution is -0.142. The third-order valence-corrected chi connectivity index (χ3v) is 10.6. The molecule has 0 radical (unpaired) electrons. The minimum atomic E-state index is -4.21. The number of rotatable bonds is 14. The number of amides is 3. The predicted octanol–water partition coefficient (Wildman–Crippen LogP) is 1.57. The summed E-state index contributed by atoms with van der Waals surface area (Å²) in [7, 11) is -6.19. The predicted molar refractivity (Wildman–Crippen MR) is 176 cm³/mol. The molecule has 3 N–H and O–H groups in total. The van der Waals surface area contributed by atoms with Crippen molar-refractivity contribution in [2.75, 3.05) is 39.5 Å². The summed E-state index contributed by atoms with van der Waals surface area (Å²) in [5, 5.41) is 5.80. The van der Waals surface area contributed by atoms with Gasteiger partial charge in [-0.2, -0.15) is 0 Å². The molecule has 0 saturated carbocycles. The standard InChI is InChI=1S/C32H47N5O7S2/c1-23(33-5)30(39)35-29(32(2,3)4)31(40)37-18-11-14-25(37)22-36(19-17-24-12-8-7-9-13-24)28(38)21-34-46(43,44)27-16-10-15-26(20-27)45(6,41)42/h7-10,12-13,15-16,20,23,25,29,33-34H,11,14,17-19,21-22H2,1-6H3,(H,35,39)/t23-,25-,29+/m0/s1. The Balaban J connectivity index is 1.81. The fourth-order valence-corrected chi connectivity index (χ4v) is 6.99. The van der Waals surface area contributed by atoms with Gasteiger partial charge >= 0.3 is 0 Å². The van der Waals surface area contributed by atoms with Crippen LogP contribution in [0.2, 0.25) is 0 Å². The first-order valence-corrected chi connectivity index (χ1v) is 18.7. The molecule has 2 aromatic carbocycles. The lowest BCUT2D eigenvalue weighted by Crippen LogP contribution is -2.59. The summed E-state index contributed by atoms with van der Waals surface area (Å²) in [5.41, 5.74) is 0.412. The molecule has 14 heteroatoms. The first kappa shape index (κ1) is 37.1. The van der Waals surface area contributed by atoms with Gasteiger partial charge in [0.15, 0.2) is 9.84 Å². The van der Waals surface area contributed by atoms with Crippen molar-refractivity contribution in [2.45, 2.75) is 74.9 Å². The van der Waals surface area contributed by atoms with E-state index in [4.69, 9.17) is 0 Å². The second kappa shape index (κ2) is 15.5. The molecule has 3 amide bonds. The second-order valence-corrected chi connectivity index (χ2v) is 16.6. The molecule has 3 rings (SSSR count). The zero-order valence-corrected chi connectivity index (χ0v) is 29.1. The Morgan fingerprint density at radius 1 is 1.00 bits per heavy atom. The smallest absolute Gasteiger partial charge is 0.246 e. The van der Waals surface area contributed by atoms with Gasteiger partial charge in [0.25, 0.3) is 0 Å². The zero-order chi connectivity index (χ0) is 34.3. The van der Waals surface area contributed by atoms with Crippen LogP contribution in [0.15, 0.2) is 64.4 Å². The molecule has 12 nitrogen and oxygen atoms in total. The molecule has 1 aliphatic rings. The Morgan fingerprint density at radius 3 is 2.26 bits per heavy atom. The maximum Gasteiger partial charge on any atom is 0.246 e. The number of benzene rings is 2. The Kier molecular flexibility index (Phi) is 12.5. The number of nitrogens with one attached hydrogen (secondary N) is 3. The normalized spacial score (nSPS) is 16.9. The van der Waals surface area contributed by atoms with Gasteiger partial charge in [0.1, 0.15) is 6.04 Å². The average molecular weight is 678 g/mol. The molecule has 3 atom stereocenters. The van der Waals surface area contributed by atoms with Crippen LogP contribution in [-0.2, 0) is 40.7 Å². The van der Waals surface area contributed by atoms with Crippen molar-refractivity contribution in [2.24, 2.45) is 5.41 Å². The van der Waals surface area contributed by atoms with Crippen LogP contribution >= 0.6 is 0 Å². The summed E-state index contributed by atoms with van der Waals surface area (Å²) in [6, 6.07) is 12.9. The summed E-state index contributed by atoms with van der Waals surface area (Å²) >= 11 is 0. The Bertz CT molecular complexity index is 1590. The van der Waals surface area contributed by atoms with Crippen LogP contribution in [0, 0.1) is 5.41 Å². The number of hydrogen-bond donors (Lipinski definition) is 3. The van der Waals surface area contributed by atoms with Crippen LogP contribution in [0.4, 0.5) is 0 Å². The summed E-state index contributed by atoms with van der Waals surface area (Å²) < 4.78 is 52.4. The summed E-state index contributed by atoms with van der Waals surface area (Å²) in [6.07, 6.45) is 2.86. The van der Waals surface area contributed by atoms with E-state index in [-0.39, 0.29) is 40.7 Å². The van der Waals surface area contributed by atoms with Crippen LogP contribution in [0.1, 0.15) is 46.1 Å². The third kappa shape index (κ3) is 10.1. The van der Waals surface area contributed by atoms with Gasteiger partial charge in [-0.3, -0.25) is 14.4 Å². The quantitative estimate of drug-likeness (QED) is 0.272. The Hall–Kier alpha value is -3.33. The van der Waals surface area contributed by atoms with Gasteiger partial charge in [-0.1, -0.05) is 57.2 Å². The molecule has 0 bridgehead atoms. The van der Waals surface area contributed by atoms with Crippen molar-refractivity contribution in [3.63, 3.8) is 0 Å². The monoisotopic (exact) mass is 677 g/mol. The maximum absolute atomic E-state index is 13.9. The minimum absolute atomic E-state index is 0.151. The summed E-state index contributed by atoms with van der Waals surface area (Å²) in [4.78, 5) is 43.2. The molecule has 1 heterocycles. The largest absolute Gasteiger partial charge is 0.342 e. The topological polar surface area (TPSA) is 162 Å². The van der Waals surface area contributed by atoms with Gasteiger partial charge < -0.3 is 20.4 Å². The number of likely N-dealkylation sites (tertiary alicyclic amines) is 1. The number of nitrogens with zero attached hydrogens (tertiary/aromatic N) is 2. The highest BCUT2D eigenvalue weighted by molar-refractivity contribution is 7.91. The van der Waals surface area contributed by atoms with Crippen LogP contribution in [0.25, 0.3) is 0 Å². The molecule has 1 fully saturated rings. The van der Waals surface area contributed by atoms with E-state index in [2.05, 4.69) is 15.4 Å². The van der Waals surface area contributed by atoms with Crippen LogP contribution in [-0.4, -0.2) is 102 Å².